The third kappa shape index (κ3) is 5.42. The van der Waals surface area contributed by atoms with Crippen molar-refractivity contribution in [1.82, 2.24) is 29.4 Å². The van der Waals surface area contributed by atoms with Gasteiger partial charge < -0.3 is 15.7 Å². The number of rotatable bonds is 9. The number of halogens is 2. The molecule has 13 heteroatoms. The molecule has 1 atom stereocenters. The number of carbonyl (C=O) groups is 2. The van der Waals surface area contributed by atoms with Crippen LogP contribution in [0.25, 0.3) is 16.9 Å². The Hall–Kier alpha value is -4.96. The van der Waals surface area contributed by atoms with Gasteiger partial charge in [-0.25, -0.2) is 18.7 Å². The molecule has 1 unspecified atom stereocenters. The van der Waals surface area contributed by atoms with E-state index in [1.54, 1.807) is 18.2 Å². The number of likely N-dealkylation sites (tertiary alicyclic amines) is 1. The second-order valence-electron chi connectivity index (χ2n) is 9.65. The number of nitrogen functional groups attached to an aromatic ring is 1. The van der Waals surface area contributed by atoms with Crippen LogP contribution in [0.3, 0.4) is 0 Å². The third-order valence-corrected chi connectivity index (χ3v) is 7.16. The molecule has 3 heterocycles. The second-order valence-corrected chi connectivity index (χ2v) is 9.65. The van der Waals surface area contributed by atoms with E-state index in [9.17, 15) is 14.0 Å². The van der Waals surface area contributed by atoms with Crippen molar-refractivity contribution in [3.8, 4) is 17.3 Å². The number of nitrogens with two attached hydrogens (primary N) is 1. The number of aromatic nitrogens is 4. The van der Waals surface area contributed by atoms with E-state index in [4.69, 9.17) is 16.1 Å². The monoisotopic (exact) mass is 560 g/mol. The summed E-state index contributed by atoms with van der Waals surface area (Å²) in [5.74, 6) is -2.34. The maximum Gasteiger partial charge on any atom is 0.323 e. The van der Waals surface area contributed by atoms with E-state index in [2.05, 4.69) is 15.1 Å². The van der Waals surface area contributed by atoms with Crippen LogP contribution < -0.4 is 5.73 Å². The zero-order valence-corrected chi connectivity index (χ0v) is 22.1. The zero-order chi connectivity index (χ0) is 29.3. The second kappa shape index (κ2) is 11.3. The van der Waals surface area contributed by atoms with Crippen molar-refractivity contribution in [2.75, 3.05) is 25.4 Å². The van der Waals surface area contributed by atoms with Gasteiger partial charge in [-0.15, -0.1) is 5.10 Å². The van der Waals surface area contributed by atoms with Gasteiger partial charge in [-0.1, -0.05) is 25.1 Å². The first kappa shape index (κ1) is 27.6. The molecule has 3 N–H and O–H groups in total. The predicted octanol–water partition coefficient (Wildman–Crippen LogP) is 2.62. The Labute approximate surface area is 233 Å². The fourth-order valence-electron chi connectivity index (χ4n) is 5.14. The van der Waals surface area contributed by atoms with Gasteiger partial charge in [0.1, 0.15) is 24.2 Å². The van der Waals surface area contributed by atoms with E-state index >= 15 is 4.39 Å². The Morgan fingerprint density at radius 2 is 2.02 bits per heavy atom. The Morgan fingerprint density at radius 1 is 1.24 bits per heavy atom. The average molecular weight is 561 g/mol. The average Bonchev–Trinajstić information content (AvgIpc) is 3.52. The predicted molar refractivity (Wildman–Crippen MR) is 143 cm³/mol. The van der Waals surface area contributed by atoms with Crippen molar-refractivity contribution in [3.05, 3.63) is 76.6 Å². The van der Waals surface area contributed by atoms with Crippen LogP contribution >= 0.6 is 0 Å². The molecule has 41 heavy (non-hydrogen) atoms. The fourth-order valence-corrected chi connectivity index (χ4v) is 5.14. The molecular weight excluding hydrogens is 534 g/mol. The van der Waals surface area contributed by atoms with Crippen molar-refractivity contribution in [3.63, 3.8) is 0 Å². The SMILES string of the molecule is CCN(Cc1cccc(F)c1Cc1nc2cc(-c3cccc(C#N)c3F)nc(N)n2n1)C1CCN(CC(=O)O)C1=O. The molecule has 0 saturated carbocycles. The van der Waals surface area contributed by atoms with Crippen LogP contribution in [0.2, 0.25) is 0 Å². The normalized spacial score (nSPS) is 15.1. The highest BCUT2D eigenvalue weighted by Crippen LogP contribution is 2.27. The molecule has 0 bridgehead atoms. The summed E-state index contributed by atoms with van der Waals surface area (Å²) < 4.78 is 31.2. The lowest BCUT2D eigenvalue weighted by molar-refractivity contribution is -0.144. The Bertz CT molecular complexity index is 1700. The van der Waals surface area contributed by atoms with Crippen LogP contribution in [0.4, 0.5) is 14.7 Å². The number of nitrogens with zero attached hydrogens (tertiary/aromatic N) is 7. The summed E-state index contributed by atoms with van der Waals surface area (Å²) in [7, 11) is 0. The van der Waals surface area contributed by atoms with Gasteiger partial charge in [0, 0.05) is 31.1 Å². The summed E-state index contributed by atoms with van der Waals surface area (Å²) in [5, 5.41) is 22.6. The van der Waals surface area contributed by atoms with Crippen LogP contribution in [0, 0.1) is 23.0 Å². The van der Waals surface area contributed by atoms with Crippen LogP contribution in [-0.2, 0) is 22.6 Å². The van der Waals surface area contributed by atoms with Crippen LogP contribution in [0.1, 0.15) is 35.9 Å². The molecule has 210 valence electrons. The van der Waals surface area contributed by atoms with E-state index < -0.39 is 23.6 Å². The number of anilines is 1. The highest BCUT2D eigenvalue weighted by Gasteiger charge is 2.36. The molecule has 1 fully saturated rings. The third-order valence-electron chi connectivity index (χ3n) is 7.16. The summed E-state index contributed by atoms with van der Waals surface area (Å²) in [6, 6.07) is 11.8. The number of hydrogen-bond acceptors (Lipinski definition) is 8. The highest BCUT2D eigenvalue weighted by molar-refractivity contribution is 5.87. The number of carboxylic acids is 1. The molecular formula is C28H26F2N8O3. The lowest BCUT2D eigenvalue weighted by Gasteiger charge is -2.27. The van der Waals surface area contributed by atoms with E-state index in [1.807, 2.05) is 11.8 Å². The van der Waals surface area contributed by atoms with Gasteiger partial charge in [-0.2, -0.15) is 9.78 Å². The number of aliphatic carboxylic acids is 1. The molecule has 0 spiro atoms. The van der Waals surface area contributed by atoms with Crippen LogP contribution in [-0.4, -0.2) is 72.0 Å². The van der Waals surface area contributed by atoms with Crippen molar-refractivity contribution in [2.24, 2.45) is 0 Å². The topological polar surface area (TPSA) is 154 Å². The first-order valence-corrected chi connectivity index (χ1v) is 12.9. The van der Waals surface area contributed by atoms with Crippen LogP contribution in [0.15, 0.2) is 42.5 Å². The molecule has 2 aromatic carbocycles. The number of carbonyl (C=O) groups excluding carboxylic acids is 1. The minimum Gasteiger partial charge on any atom is -0.480 e. The number of carboxylic acid groups (broad SMARTS) is 1. The number of nitriles is 1. The van der Waals surface area contributed by atoms with E-state index in [0.29, 0.717) is 30.6 Å². The Kier molecular flexibility index (Phi) is 7.58. The number of likely N-dealkylation sites (N-methyl/N-ethyl adjacent to an activating group) is 1. The summed E-state index contributed by atoms with van der Waals surface area (Å²) >= 11 is 0. The first-order valence-electron chi connectivity index (χ1n) is 12.9. The molecule has 0 aliphatic carbocycles. The molecule has 1 aliphatic heterocycles. The molecule has 1 saturated heterocycles. The van der Waals surface area contributed by atoms with Gasteiger partial charge in [0.15, 0.2) is 11.5 Å². The van der Waals surface area contributed by atoms with Gasteiger partial charge in [-0.3, -0.25) is 14.5 Å². The maximum absolute atomic E-state index is 15.2. The van der Waals surface area contributed by atoms with Crippen molar-refractivity contribution in [1.29, 1.82) is 5.26 Å². The summed E-state index contributed by atoms with van der Waals surface area (Å²) in [6.45, 7) is 2.63. The molecule has 5 rings (SSSR count). The quantitative estimate of drug-likeness (QED) is 0.314. The standard InChI is InChI=1S/C28H26F2N8O3/c1-2-36(22-9-10-37(27(22)41)15-25(39)40)14-17-6-4-8-20(29)19(17)11-23-34-24-12-21(33-28(32)38(24)35-23)18-7-3-5-16(13-31)26(18)30/h3-8,12,22H,2,9-11,14-15H2,1H3,(H2,32,33)(H,39,40). The molecule has 2 aromatic heterocycles. The Morgan fingerprint density at radius 3 is 2.76 bits per heavy atom. The Balaban J connectivity index is 1.43. The molecule has 0 radical (unpaired) electrons. The summed E-state index contributed by atoms with van der Waals surface area (Å²) in [5.41, 5.74) is 7.47. The smallest absolute Gasteiger partial charge is 0.323 e. The van der Waals surface area contributed by atoms with E-state index in [0.717, 1.165) is 0 Å². The molecule has 1 aliphatic rings. The molecule has 1 amide bonds. The summed E-state index contributed by atoms with van der Waals surface area (Å²) in [4.78, 5) is 35.9. The molecule has 4 aromatic rings. The van der Waals surface area contributed by atoms with Crippen molar-refractivity contribution >= 4 is 23.5 Å². The first-order chi connectivity index (χ1) is 19.7. The van der Waals surface area contributed by atoms with Gasteiger partial charge in [0.05, 0.1) is 17.3 Å². The van der Waals surface area contributed by atoms with Crippen molar-refractivity contribution in [2.45, 2.75) is 32.4 Å². The minimum atomic E-state index is -1.07. The largest absolute Gasteiger partial charge is 0.480 e. The number of benzene rings is 2. The van der Waals surface area contributed by atoms with Crippen LogP contribution in [0.5, 0.6) is 0 Å². The highest BCUT2D eigenvalue weighted by atomic mass is 19.1. The lowest BCUT2D eigenvalue weighted by atomic mass is 10.0. The van der Waals surface area contributed by atoms with Gasteiger partial charge in [-0.05, 0) is 42.3 Å². The van der Waals surface area contributed by atoms with Crippen molar-refractivity contribution < 1.29 is 23.5 Å². The summed E-state index contributed by atoms with van der Waals surface area (Å²) in [6.07, 6.45) is 0.489. The number of amides is 1. The molecule has 11 nitrogen and oxygen atoms in total. The lowest BCUT2D eigenvalue weighted by Crippen LogP contribution is -2.42. The van der Waals surface area contributed by atoms with Gasteiger partial charge >= 0.3 is 5.97 Å². The fraction of sp³-hybridized carbons (Fsp3) is 0.286. The van der Waals surface area contributed by atoms with E-state index in [1.165, 1.54) is 39.7 Å². The van der Waals surface area contributed by atoms with E-state index in [-0.39, 0.29) is 59.7 Å². The minimum absolute atomic E-state index is 0.0119. The zero-order valence-electron chi connectivity index (χ0n) is 22.1. The van der Waals surface area contributed by atoms with Gasteiger partial charge in [0.25, 0.3) is 0 Å². The number of fused-ring (bicyclic) bond motifs is 1. The maximum atomic E-state index is 15.2. The van der Waals surface area contributed by atoms with Gasteiger partial charge in [0.2, 0.25) is 11.9 Å². The number of hydrogen-bond donors (Lipinski definition) is 2.